The van der Waals surface area contributed by atoms with Gasteiger partial charge >= 0.3 is 0 Å². The number of carbonyl (C=O) groups excluding carboxylic acids is 2. The highest BCUT2D eigenvalue weighted by atomic mass is 16.5. The molecule has 0 fully saturated rings. The molecule has 0 radical (unpaired) electrons. The number of hydrogen-bond acceptors (Lipinski definition) is 6. The summed E-state index contributed by atoms with van der Waals surface area (Å²) in [6, 6.07) is 12.6. The quantitative estimate of drug-likeness (QED) is 0.674. The second-order valence-electron chi connectivity index (χ2n) is 6.67. The Morgan fingerprint density at radius 2 is 2.03 bits per heavy atom. The van der Waals surface area contributed by atoms with Crippen molar-refractivity contribution in [2.75, 3.05) is 12.4 Å². The van der Waals surface area contributed by atoms with Gasteiger partial charge in [0.1, 0.15) is 0 Å². The van der Waals surface area contributed by atoms with Crippen LogP contribution in [-0.4, -0.2) is 34.9 Å². The van der Waals surface area contributed by atoms with Crippen LogP contribution in [0.3, 0.4) is 0 Å². The zero-order valence-electron chi connectivity index (χ0n) is 16.0. The van der Waals surface area contributed by atoms with Gasteiger partial charge < -0.3 is 14.8 Å². The predicted molar refractivity (Wildman–Crippen MR) is 107 cm³/mol. The summed E-state index contributed by atoms with van der Waals surface area (Å²) in [7, 11) is 1.53. The van der Waals surface area contributed by atoms with Gasteiger partial charge in [-0.3, -0.25) is 9.59 Å². The number of aromatic nitrogens is 2. The number of amides is 1. The van der Waals surface area contributed by atoms with Crippen molar-refractivity contribution in [1.29, 1.82) is 0 Å². The molecule has 1 amide bonds. The molecule has 1 atom stereocenters. The second kappa shape index (κ2) is 7.71. The number of nitrogens with one attached hydrogen (secondary N) is 1. The summed E-state index contributed by atoms with van der Waals surface area (Å²) in [6.45, 7) is 1.54. The van der Waals surface area contributed by atoms with Crippen molar-refractivity contribution >= 4 is 17.4 Å². The van der Waals surface area contributed by atoms with Gasteiger partial charge in [0.25, 0.3) is 5.91 Å². The highest BCUT2D eigenvalue weighted by Crippen LogP contribution is 2.35. The zero-order valence-corrected chi connectivity index (χ0v) is 16.0. The van der Waals surface area contributed by atoms with E-state index in [2.05, 4.69) is 15.3 Å². The second-order valence-corrected chi connectivity index (χ2v) is 6.67. The topological polar surface area (TPSA) is 90.4 Å². The molecule has 1 aromatic carbocycles. The Labute approximate surface area is 167 Å². The molecule has 146 valence electrons. The summed E-state index contributed by atoms with van der Waals surface area (Å²) in [5.74, 6) is 0.621. The van der Waals surface area contributed by atoms with Gasteiger partial charge in [-0.1, -0.05) is 18.2 Å². The van der Waals surface area contributed by atoms with Gasteiger partial charge in [-0.2, -0.15) is 0 Å². The fourth-order valence-corrected chi connectivity index (χ4v) is 3.25. The van der Waals surface area contributed by atoms with Crippen molar-refractivity contribution in [2.24, 2.45) is 0 Å². The number of anilines is 1. The molecule has 1 aliphatic rings. The number of Topliss-reactive ketones (excluding diaryl/α,β-unsaturated/α-hetero) is 1. The summed E-state index contributed by atoms with van der Waals surface area (Å²) in [6.07, 6.45) is 2.85. The zero-order chi connectivity index (χ0) is 20.4. The van der Waals surface area contributed by atoms with E-state index in [9.17, 15) is 9.59 Å². The summed E-state index contributed by atoms with van der Waals surface area (Å²) < 4.78 is 10.8. The maximum Gasteiger partial charge on any atom is 0.265 e. The van der Waals surface area contributed by atoms with Crippen LogP contribution in [0.25, 0.3) is 11.1 Å². The molecular formula is C22H19N3O4. The SMILES string of the molecule is COc1ccc(NC(=O)C2Cc3c(-c4cccc(C(C)=O)c4)ccnc3O2)cn1. The smallest absolute Gasteiger partial charge is 0.265 e. The monoisotopic (exact) mass is 389 g/mol. The van der Waals surface area contributed by atoms with E-state index < -0.39 is 6.10 Å². The van der Waals surface area contributed by atoms with Crippen molar-refractivity contribution in [3.05, 3.63) is 66.0 Å². The minimum atomic E-state index is -0.697. The van der Waals surface area contributed by atoms with E-state index in [0.29, 0.717) is 29.4 Å². The molecule has 0 saturated carbocycles. The number of pyridine rings is 2. The summed E-state index contributed by atoms with van der Waals surface area (Å²) in [4.78, 5) is 32.7. The molecule has 0 aliphatic carbocycles. The number of rotatable bonds is 5. The Bertz CT molecular complexity index is 1080. The largest absolute Gasteiger partial charge is 0.481 e. The normalized spacial score (nSPS) is 14.6. The van der Waals surface area contributed by atoms with Gasteiger partial charge in [0.15, 0.2) is 11.9 Å². The highest BCUT2D eigenvalue weighted by molar-refractivity contribution is 5.96. The number of hydrogen-bond donors (Lipinski definition) is 1. The highest BCUT2D eigenvalue weighted by Gasteiger charge is 2.32. The molecule has 29 heavy (non-hydrogen) atoms. The third-order valence-corrected chi connectivity index (χ3v) is 4.75. The molecule has 0 spiro atoms. The first kappa shape index (κ1) is 18.6. The number of nitrogens with zero attached hydrogens (tertiary/aromatic N) is 2. The van der Waals surface area contributed by atoms with Gasteiger partial charge in [0, 0.05) is 29.8 Å². The summed E-state index contributed by atoms with van der Waals surface area (Å²) >= 11 is 0. The van der Waals surface area contributed by atoms with E-state index in [1.807, 2.05) is 24.3 Å². The Balaban J connectivity index is 1.55. The predicted octanol–water partition coefficient (Wildman–Crippen LogP) is 3.30. The van der Waals surface area contributed by atoms with Gasteiger partial charge in [0.05, 0.1) is 19.0 Å². The lowest BCUT2D eigenvalue weighted by Crippen LogP contribution is -2.31. The third kappa shape index (κ3) is 3.80. The van der Waals surface area contributed by atoms with Crippen LogP contribution in [0.5, 0.6) is 11.8 Å². The van der Waals surface area contributed by atoms with Crippen molar-refractivity contribution in [1.82, 2.24) is 9.97 Å². The molecule has 0 bridgehead atoms. The first-order valence-electron chi connectivity index (χ1n) is 9.12. The lowest BCUT2D eigenvalue weighted by atomic mass is 9.96. The lowest BCUT2D eigenvalue weighted by molar-refractivity contribution is -0.122. The Hall–Kier alpha value is -3.74. The Kier molecular flexibility index (Phi) is 4.95. The average molecular weight is 389 g/mol. The van der Waals surface area contributed by atoms with E-state index in [-0.39, 0.29) is 11.7 Å². The van der Waals surface area contributed by atoms with Crippen molar-refractivity contribution in [3.8, 4) is 22.9 Å². The maximum atomic E-state index is 12.7. The van der Waals surface area contributed by atoms with Crippen LogP contribution < -0.4 is 14.8 Å². The lowest BCUT2D eigenvalue weighted by Gasteiger charge is -2.10. The molecule has 1 N–H and O–H groups in total. The molecule has 7 nitrogen and oxygen atoms in total. The molecule has 7 heteroatoms. The fourth-order valence-electron chi connectivity index (χ4n) is 3.25. The van der Waals surface area contributed by atoms with Gasteiger partial charge in [-0.25, -0.2) is 9.97 Å². The van der Waals surface area contributed by atoms with Crippen LogP contribution in [0.1, 0.15) is 22.8 Å². The van der Waals surface area contributed by atoms with Gasteiger partial charge in [-0.05, 0) is 36.2 Å². The molecule has 1 unspecified atom stereocenters. The number of carbonyl (C=O) groups is 2. The number of ether oxygens (including phenoxy) is 2. The molecular weight excluding hydrogens is 370 g/mol. The van der Waals surface area contributed by atoms with Crippen molar-refractivity contribution < 1.29 is 19.1 Å². The molecule has 0 saturated heterocycles. The first-order valence-corrected chi connectivity index (χ1v) is 9.12. The van der Waals surface area contributed by atoms with E-state index >= 15 is 0 Å². The summed E-state index contributed by atoms with van der Waals surface area (Å²) in [5.41, 5.74) is 3.83. The van der Waals surface area contributed by atoms with Crippen LogP contribution in [0.2, 0.25) is 0 Å². The van der Waals surface area contributed by atoms with Crippen LogP contribution >= 0.6 is 0 Å². The molecule has 3 aromatic rings. The minimum Gasteiger partial charge on any atom is -0.481 e. The van der Waals surface area contributed by atoms with Gasteiger partial charge in [-0.15, -0.1) is 0 Å². The van der Waals surface area contributed by atoms with E-state index in [4.69, 9.17) is 9.47 Å². The standard InChI is InChI=1S/C22H19N3O4/c1-13(26)14-4-3-5-15(10-14)17-8-9-23-22-18(17)11-19(29-22)21(27)25-16-6-7-20(28-2)24-12-16/h3-10,12,19H,11H2,1-2H3,(H,25,27). The van der Waals surface area contributed by atoms with Gasteiger partial charge in [0.2, 0.25) is 11.8 Å². The Morgan fingerprint density at radius 3 is 2.76 bits per heavy atom. The number of benzene rings is 1. The average Bonchev–Trinajstić information content (AvgIpc) is 3.19. The van der Waals surface area contributed by atoms with E-state index in [0.717, 1.165) is 16.7 Å². The summed E-state index contributed by atoms with van der Waals surface area (Å²) in [5, 5.41) is 2.80. The minimum absolute atomic E-state index is 0.000781. The van der Waals surface area contributed by atoms with Crippen molar-refractivity contribution in [3.63, 3.8) is 0 Å². The number of ketones is 1. The maximum absolute atomic E-state index is 12.7. The van der Waals surface area contributed by atoms with Crippen LogP contribution in [-0.2, 0) is 11.2 Å². The first-order chi connectivity index (χ1) is 14.0. The van der Waals surface area contributed by atoms with E-state index in [1.165, 1.54) is 20.2 Å². The molecule has 2 aromatic heterocycles. The molecule has 1 aliphatic heterocycles. The van der Waals surface area contributed by atoms with Crippen LogP contribution in [0.4, 0.5) is 5.69 Å². The van der Waals surface area contributed by atoms with Crippen molar-refractivity contribution in [2.45, 2.75) is 19.4 Å². The third-order valence-electron chi connectivity index (χ3n) is 4.75. The number of fused-ring (bicyclic) bond motifs is 1. The fraction of sp³-hybridized carbons (Fsp3) is 0.182. The Morgan fingerprint density at radius 1 is 1.17 bits per heavy atom. The van der Waals surface area contributed by atoms with Crippen LogP contribution in [0.15, 0.2) is 54.9 Å². The van der Waals surface area contributed by atoms with E-state index in [1.54, 1.807) is 24.4 Å². The molecule has 3 heterocycles. The molecule has 4 rings (SSSR count). The number of methoxy groups -OCH3 is 1. The van der Waals surface area contributed by atoms with Crippen LogP contribution in [0, 0.1) is 0 Å².